The third kappa shape index (κ3) is 11.0. The molecule has 0 aliphatic heterocycles. The molecule has 4 heteroatoms. The number of para-hydroxylation sites is 6. The van der Waals surface area contributed by atoms with Crippen molar-refractivity contribution in [2.45, 2.75) is 34.1 Å². The van der Waals surface area contributed by atoms with Gasteiger partial charge in [-0.3, -0.25) is 0 Å². The number of fused-ring (bicyclic) bond motifs is 8. The molecular weight excluding hydrogens is 1150 g/mol. The van der Waals surface area contributed by atoms with Gasteiger partial charge in [0.2, 0.25) is 0 Å². The first kappa shape index (κ1) is 60.6. The molecule has 0 unspecified atom stereocenters. The lowest BCUT2D eigenvalue weighted by Crippen LogP contribution is -2.16. The Kier molecular flexibility index (Phi) is 16.6. The summed E-state index contributed by atoms with van der Waals surface area (Å²) in [5.41, 5.74) is 24.0. The molecule has 458 valence electrons. The highest BCUT2D eigenvalue weighted by Crippen LogP contribution is 2.53. The van der Waals surface area contributed by atoms with Gasteiger partial charge in [0.05, 0.1) is 22.4 Å². The number of nitrogens with zero attached hydrogens (tertiary/aromatic N) is 4. The quantitative estimate of drug-likeness (QED) is 0.0895. The largest absolute Gasteiger partial charge is 0.310 e. The van der Waals surface area contributed by atoms with Gasteiger partial charge in [0, 0.05) is 83.2 Å². The summed E-state index contributed by atoms with van der Waals surface area (Å²) < 4.78 is 2.37. The molecule has 0 amide bonds. The van der Waals surface area contributed by atoms with Crippen LogP contribution in [0.2, 0.25) is 0 Å². The van der Waals surface area contributed by atoms with Crippen LogP contribution in [0, 0.1) is 0 Å². The van der Waals surface area contributed by atoms with E-state index < -0.39 is 0 Å². The normalized spacial score (nSPS) is 11.8. The fraction of sp³-hybridized carbons (Fsp3) is 0.0549. The van der Waals surface area contributed by atoms with Gasteiger partial charge in [0.15, 0.2) is 0 Å². The van der Waals surface area contributed by atoms with E-state index in [0.717, 1.165) is 39.8 Å². The molecule has 15 aromatic carbocycles. The zero-order valence-electron chi connectivity index (χ0n) is 51.9. The van der Waals surface area contributed by atoms with Crippen molar-refractivity contribution in [3.8, 4) is 39.1 Å². The van der Waals surface area contributed by atoms with E-state index in [9.17, 15) is 0 Å². The SMILES string of the molecule is C.C.CC1(C)c2ccccc2-c2ccc(N(c3ccc(-c4ccccc4)cc3)c3ccc(-c4ccc5c(c4)c4ccccc4n5-c4ccccc4)cc3)cc21.c1ccc(N(c2ccccc2)c2c3ccccc3c(N(c3ccccc3)c3ccccc3)c3ccccc23)cc1. The van der Waals surface area contributed by atoms with Crippen LogP contribution in [0.3, 0.4) is 0 Å². The van der Waals surface area contributed by atoms with E-state index in [2.05, 4.69) is 397 Å². The third-order valence-electron chi connectivity index (χ3n) is 18.6. The molecule has 0 saturated heterocycles. The van der Waals surface area contributed by atoms with Crippen LogP contribution >= 0.6 is 0 Å². The van der Waals surface area contributed by atoms with Crippen LogP contribution in [0.4, 0.5) is 51.2 Å². The Morgan fingerprint density at radius 2 is 0.568 bits per heavy atom. The number of hydrogen-bond acceptors (Lipinski definition) is 3. The molecule has 0 bridgehead atoms. The molecular formula is C91H74N4. The molecule has 1 aliphatic carbocycles. The Morgan fingerprint density at radius 1 is 0.232 bits per heavy atom. The summed E-state index contributed by atoms with van der Waals surface area (Å²) in [7, 11) is 0. The van der Waals surface area contributed by atoms with Crippen molar-refractivity contribution < 1.29 is 0 Å². The van der Waals surface area contributed by atoms with Gasteiger partial charge in [-0.15, -0.1) is 0 Å². The van der Waals surface area contributed by atoms with Crippen LogP contribution in [-0.2, 0) is 5.41 Å². The molecule has 95 heavy (non-hydrogen) atoms. The van der Waals surface area contributed by atoms with E-state index in [1.807, 2.05) is 0 Å². The maximum absolute atomic E-state index is 2.41. The fourth-order valence-electron chi connectivity index (χ4n) is 14.2. The molecule has 0 atom stereocenters. The Balaban J connectivity index is 0.000000167. The van der Waals surface area contributed by atoms with Crippen molar-refractivity contribution in [1.82, 2.24) is 4.57 Å². The topological polar surface area (TPSA) is 14.7 Å². The lowest BCUT2D eigenvalue weighted by Gasteiger charge is -2.32. The lowest BCUT2D eigenvalue weighted by atomic mass is 9.82. The average Bonchev–Trinajstić information content (AvgIpc) is 1.74. The average molecular weight is 1220 g/mol. The second kappa shape index (κ2) is 26.0. The first-order valence-electron chi connectivity index (χ1n) is 32.1. The van der Waals surface area contributed by atoms with Crippen LogP contribution in [0.1, 0.15) is 39.8 Å². The first-order valence-corrected chi connectivity index (χ1v) is 32.1. The van der Waals surface area contributed by atoms with Crippen molar-refractivity contribution in [2.24, 2.45) is 0 Å². The summed E-state index contributed by atoms with van der Waals surface area (Å²) in [5, 5.41) is 7.30. The molecule has 16 aromatic rings. The van der Waals surface area contributed by atoms with Gasteiger partial charge in [-0.1, -0.05) is 277 Å². The number of benzene rings is 15. The summed E-state index contributed by atoms with van der Waals surface area (Å²) in [6.07, 6.45) is 0. The Bertz CT molecular complexity index is 5040. The summed E-state index contributed by atoms with van der Waals surface area (Å²) >= 11 is 0. The summed E-state index contributed by atoms with van der Waals surface area (Å²) in [5.74, 6) is 0. The van der Waals surface area contributed by atoms with Crippen molar-refractivity contribution in [3.05, 3.63) is 375 Å². The van der Waals surface area contributed by atoms with E-state index in [1.54, 1.807) is 0 Å². The lowest BCUT2D eigenvalue weighted by molar-refractivity contribution is 0.660. The molecule has 4 nitrogen and oxygen atoms in total. The highest BCUT2D eigenvalue weighted by molar-refractivity contribution is 6.23. The highest BCUT2D eigenvalue weighted by Gasteiger charge is 2.36. The van der Waals surface area contributed by atoms with Crippen molar-refractivity contribution in [2.75, 3.05) is 14.7 Å². The van der Waals surface area contributed by atoms with Gasteiger partial charge in [0.1, 0.15) is 0 Å². The summed E-state index contributed by atoms with van der Waals surface area (Å²) in [6, 6.07) is 131. The highest BCUT2D eigenvalue weighted by atomic mass is 15.2. The molecule has 1 aromatic heterocycles. The predicted molar refractivity (Wildman–Crippen MR) is 408 cm³/mol. The minimum absolute atomic E-state index is 0. The minimum atomic E-state index is -0.0864. The molecule has 0 radical (unpaired) electrons. The van der Waals surface area contributed by atoms with E-state index >= 15 is 0 Å². The van der Waals surface area contributed by atoms with E-state index in [1.165, 1.54) is 105 Å². The Hall–Kier alpha value is -12.0. The zero-order valence-corrected chi connectivity index (χ0v) is 51.9. The second-order valence-corrected chi connectivity index (χ2v) is 24.4. The van der Waals surface area contributed by atoms with Gasteiger partial charge >= 0.3 is 0 Å². The zero-order chi connectivity index (χ0) is 62.2. The summed E-state index contributed by atoms with van der Waals surface area (Å²) in [6.45, 7) is 4.70. The van der Waals surface area contributed by atoms with Crippen LogP contribution in [0.25, 0.3) is 82.4 Å². The molecule has 0 saturated carbocycles. The minimum Gasteiger partial charge on any atom is -0.310 e. The maximum Gasteiger partial charge on any atom is 0.0619 e. The third-order valence-corrected chi connectivity index (χ3v) is 18.6. The van der Waals surface area contributed by atoms with Crippen molar-refractivity contribution in [3.63, 3.8) is 0 Å². The maximum atomic E-state index is 2.41. The molecule has 17 rings (SSSR count). The van der Waals surface area contributed by atoms with Gasteiger partial charge in [-0.05, 0) is 160 Å². The Morgan fingerprint density at radius 3 is 1.05 bits per heavy atom. The van der Waals surface area contributed by atoms with E-state index in [-0.39, 0.29) is 20.3 Å². The molecule has 1 heterocycles. The number of anilines is 9. The number of hydrogen-bond donors (Lipinski definition) is 0. The first-order chi connectivity index (χ1) is 45.9. The van der Waals surface area contributed by atoms with Crippen LogP contribution < -0.4 is 14.7 Å². The standard InChI is InChI=1S/C51H38N2.C38H28N2.2CH4/c1-51(2)47-19-11-9-17-43(47)44-31-30-42(34-48(44)51)52(40-26-21-36(22-27-40)35-13-5-3-6-14-35)41-28-23-37(24-29-41)38-25-32-50-46(33-38)45-18-10-12-20-49(45)53(50)39-15-7-4-8-16-39;1-5-17-29(18-6-1)39(30-19-7-2-8-20-30)37-33-25-13-15-27-35(33)38(36-28-16-14-26-34(36)37)40(31-21-9-3-10-22-31)32-23-11-4-12-24-32;;/h3-34H,1-2H3;1-28H;2*1H4. The van der Waals surface area contributed by atoms with Crippen LogP contribution in [-0.4, -0.2) is 4.57 Å². The van der Waals surface area contributed by atoms with Gasteiger partial charge in [0.25, 0.3) is 0 Å². The van der Waals surface area contributed by atoms with Crippen molar-refractivity contribution >= 4 is 94.5 Å². The van der Waals surface area contributed by atoms with Crippen molar-refractivity contribution in [1.29, 1.82) is 0 Å². The smallest absolute Gasteiger partial charge is 0.0619 e. The van der Waals surface area contributed by atoms with E-state index in [4.69, 9.17) is 0 Å². The van der Waals surface area contributed by atoms with Crippen LogP contribution in [0.5, 0.6) is 0 Å². The molecule has 1 aliphatic rings. The predicted octanol–water partition coefficient (Wildman–Crippen LogP) is 26.1. The Labute approximate surface area is 558 Å². The fourth-order valence-corrected chi connectivity index (χ4v) is 14.2. The molecule has 0 fully saturated rings. The van der Waals surface area contributed by atoms with E-state index in [0.29, 0.717) is 0 Å². The number of rotatable bonds is 12. The molecule has 0 spiro atoms. The van der Waals surface area contributed by atoms with Gasteiger partial charge < -0.3 is 19.3 Å². The van der Waals surface area contributed by atoms with Gasteiger partial charge in [-0.2, -0.15) is 0 Å². The number of aromatic nitrogens is 1. The molecule has 0 N–H and O–H groups in total. The second-order valence-electron chi connectivity index (χ2n) is 24.4. The van der Waals surface area contributed by atoms with Crippen LogP contribution in [0.15, 0.2) is 364 Å². The monoisotopic (exact) mass is 1220 g/mol. The van der Waals surface area contributed by atoms with Gasteiger partial charge in [-0.25, -0.2) is 0 Å². The summed E-state index contributed by atoms with van der Waals surface area (Å²) in [4.78, 5) is 7.18.